The van der Waals surface area contributed by atoms with Crippen LogP contribution < -0.4 is 5.73 Å². The highest BCUT2D eigenvalue weighted by Crippen LogP contribution is 2.34. The summed E-state index contributed by atoms with van der Waals surface area (Å²) >= 11 is 1.25. The molecule has 0 bridgehead atoms. The molecule has 0 spiro atoms. The number of rotatable bonds is 4. The summed E-state index contributed by atoms with van der Waals surface area (Å²) in [7, 11) is 1.68. The summed E-state index contributed by atoms with van der Waals surface area (Å²) in [6, 6.07) is 0. The van der Waals surface area contributed by atoms with Crippen molar-refractivity contribution in [3.8, 4) is 11.4 Å². The molecule has 0 aromatic carbocycles. The number of nitrogens with zero attached hydrogens (tertiary/aromatic N) is 4. The molecule has 0 unspecified atom stereocenters. The highest BCUT2D eigenvalue weighted by Gasteiger charge is 2.29. The Hall–Kier alpha value is -1.96. The van der Waals surface area contributed by atoms with E-state index in [1.807, 2.05) is 13.8 Å². The number of aryl methyl sites for hydroxylation is 1. The molecule has 2 N–H and O–H groups in total. The molecule has 0 radical (unpaired) electrons. The second-order valence-corrected chi connectivity index (χ2v) is 5.58. The summed E-state index contributed by atoms with van der Waals surface area (Å²) in [6.07, 6.45) is 0.559. The largest absolute Gasteiger partial charge is 0.375 e. The van der Waals surface area contributed by atoms with Crippen LogP contribution in [0.5, 0.6) is 0 Å². The van der Waals surface area contributed by atoms with Crippen molar-refractivity contribution in [2.75, 3.05) is 5.73 Å². The molecule has 2 aromatic rings. The standard InChI is InChI=1S/C11H15N5O2S/c1-6(2)4-7-10(16(17)18)9(15(3)14-7)8-5-19-11(12)13-8/h5-6H,4H2,1-3H3,(H2,12,13). The van der Waals surface area contributed by atoms with Gasteiger partial charge in [0.25, 0.3) is 0 Å². The van der Waals surface area contributed by atoms with Gasteiger partial charge in [0.1, 0.15) is 11.4 Å². The molecule has 8 heteroatoms. The maximum Gasteiger partial charge on any atom is 0.319 e. The van der Waals surface area contributed by atoms with Crippen LogP contribution in [0.15, 0.2) is 5.38 Å². The summed E-state index contributed by atoms with van der Waals surface area (Å²) < 4.78 is 1.50. The molecule has 7 nitrogen and oxygen atoms in total. The Balaban J connectivity index is 2.59. The Bertz CT molecular complexity index is 617. The van der Waals surface area contributed by atoms with Crippen LogP contribution in [-0.2, 0) is 13.5 Å². The third-order valence-electron chi connectivity index (χ3n) is 2.64. The first-order valence-corrected chi connectivity index (χ1v) is 6.69. The Kier molecular flexibility index (Phi) is 3.52. The molecular weight excluding hydrogens is 266 g/mol. The van der Waals surface area contributed by atoms with Crippen molar-refractivity contribution in [3.05, 3.63) is 21.2 Å². The molecule has 0 amide bonds. The lowest BCUT2D eigenvalue weighted by Crippen LogP contribution is -1.99. The molecule has 0 fully saturated rings. The normalized spacial score (nSPS) is 11.2. The monoisotopic (exact) mass is 281 g/mol. The Morgan fingerprint density at radius 3 is 2.74 bits per heavy atom. The number of hydrogen-bond acceptors (Lipinski definition) is 6. The lowest BCUT2D eigenvalue weighted by Gasteiger charge is -1.99. The SMILES string of the molecule is CC(C)Cc1nn(C)c(-c2csc(N)n2)c1[N+](=O)[O-]. The average molecular weight is 281 g/mol. The summed E-state index contributed by atoms with van der Waals surface area (Å²) in [5.74, 6) is 0.293. The zero-order valence-corrected chi connectivity index (χ0v) is 11.8. The van der Waals surface area contributed by atoms with Gasteiger partial charge in [-0.1, -0.05) is 13.8 Å². The summed E-state index contributed by atoms with van der Waals surface area (Å²) in [6.45, 7) is 4.00. The van der Waals surface area contributed by atoms with Crippen molar-refractivity contribution in [3.63, 3.8) is 0 Å². The van der Waals surface area contributed by atoms with Gasteiger partial charge in [0.15, 0.2) is 10.8 Å². The highest BCUT2D eigenvalue weighted by atomic mass is 32.1. The van der Waals surface area contributed by atoms with E-state index in [2.05, 4.69) is 10.1 Å². The molecule has 2 heterocycles. The minimum atomic E-state index is -0.393. The minimum absolute atomic E-state index is 0.0292. The fraction of sp³-hybridized carbons (Fsp3) is 0.455. The van der Waals surface area contributed by atoms with Crippen LogP contribution in [0.1, 0.15) is 19.5 Å². The van der Waals surface area contributed by atoms with Gasteiger partial charge in [-0.25, -0.2) is 4.98 Å². The fourth-order valence-corrected chi connectivity index (χ4v) is 2.52. The maximum absolute atomic E-state index is 11.3. The van der Waals surface area contributed by atoms with Gasteiger partial charge in [0.05, 0.1) is 4.92 Å². The van der Waals surface area contributed by atoms with E-state index >= 15 is 0 Å². The van der Waals surface area contributed by atoms with Gasteiger partial charge in [0.2, 0.25) is 0 Å². The minimum Gasteiger partial charge on any atom is -0.375 e. The summed E-state index contributed by atoms with van der Waals surface area (Å²) in [4.78, 5) is 15.0. The van der Waals surface area contributed by atoms with Gasteiger partial charge < -0.3 is 5.73 Å². The zero-order chi connectivity index (χ0) is 14.2. The number of nitrogens with two attached hydrogens (primary N) is 1. The number of thiazole rings is 1. The third kappa shape index (κ3) is 2.58. The van der Waals surface area contributed by atoms with Crippen molar-refractivity contribution in [1.82, 2.24) is 14.8 Å². The Morgan fingerprint density at radius 2 is 2.26 bits per heavy atom. The van der Waals surface area contributed by atoms with Gasteiger partial charge >= 0.3 is 5.69 Å². The van der Waals surface area contributed by atoms with E-state index in [-0.39, 0.29) is 5.69 Å². The van der Waals surface area contributed by atoms with E-state index in [0.717, 1.165) is 0 Å². The van der Waals surface area contributed by atoms with Crippen molar-refractivity contribution >= 4 is 22.2 Å². The predicted octanol–water partition coefficient (Wildman–Crippen LogP) is 2.23. The van der Waals surface area contributed by atoms with Gasteiger partial charge in [0, 0.05) is 18.8 Å². The molecule has 0 aliphatic carbocycles. The highest BCUT2D eigenvalue weighted by molar-refractivity contribution is 7.13. The molecule has 0 atom stereocenters. The molecule has 102 valence electrons. The third-order valence-corrected chi connectivity index (χ3v) is 3.31. The van der Waals surface area contributed by atoms with Crippen molar-refractivity contribution in [1.29, 1.82) is 0 Å². The quantitative estimate of drug-likeness (QED) is 0.684. The molecule has 19 heavy (non-hydrogen) atoms. The van der Waals surface area contributed by atoms with Gasteiger partial charge in [-0.05, 0) is 5.92 Å². The zero-order valence-electron chi connectivity index (χ0n) is 11.0. The van der Waals surface area contributed by atoms with E-state index in [0.29, 0.717) is 34.6 Å². The van der Waals surface area contributed by atoms with E-state index in [4.69, 9.17) is 5.73 Å². The van der Waals surface area contributed by atoms with Gasteiger partial charge in [-0.2, -0.15) is 5.10 Å². The number of nitrogen functional groups attached to an aromatic ring is 1. The smallest absolute Gasteiger partial charge is 0.319 e. The van der Waals surface area contributed by atoms with E-state index < -0.39 is 4.92 Å². The second kappa shape index (κ2) is 4.96. The van der Waals surface area contributed by atoms with Crippen LogP contribution in [0.3, 0.4) is 0 Å². The van der Waals surface area contributed by atoms with Crippen LogP contribution in [0.25, 0.3) is 11.4 Å². The number of nitro groups is 1. The van der Waals surface area contributed by atoms with Crippen molar-refractivity contribution in [2.24, 2.45) is 13.0 Å². The number of aromatic nitrogens is 3. The van der Waals surface area contributed by atoms with E-state index in [1.165, 1.54) is 16.0 Å². The molecule has 2 rings (SSSR count). The van der Waals surface area contributed by atoms with Crippen LogP contribution in [0, 0.1) is 16.0 Å². The Labute approximate surface area is 114 Å². The fourth-order valence-electron chi connectivity index (χ4n) is 1.97. The summed E-state index contributed by atoms with van der Waals surface area (Å²) in [5.41, 5.74) is 7.02. The molecular formula is C11H15N5O2S. The van der Waals surface area contributed by atoms with Crippen LogP contribution in [0.4, 0.5) is 10.8 Å². The maximum atomic E-state index is 11.3. The van der Waals surface area contributed by atoms with Gasteiger partial charge in [-0.3, -0.25) is 14.8 Å². The summed E-state index contributed by atoms with van der Waals surface area (Å²) in [5, 5.41) is 17.7. The lowest BCUT2D eigenvalue weighted by atomic mass is 10.1. The topological polar surface area (TPSA) is 99.9 Å². The molecule has 0 aliphatic heterocycles. The molecule has 0 aliphatic rings. The number of hydrogen-bond donors (Lipinski definition) is 1. The molecule has 0 saturated heterocycles. The van der Waals surface area contributed by atoms with Crippen LogP contribution >= 0.6 is 11.3 Å². The first kappa shape index (κ1) is 13.5. The van der Waals surface area contributed by atoms with E-state index in [1.54, 1.807) is 12.4 Å². The second-order valence-electron chi connectivity index (χ2n) is 4.69. The Morgan fingerprint density at radius 1 is 1.58 bits per heavy atom. The lowest BCUT2D eigenvalue weighted by molar-refractivity contribution is -0.385. The molecule has 2 aromatic heterocycles. The average Bonchev–Trinajstić information content (AvgIpc) is 2.81. The van der Waals surface area contributed by atoms with Crippen molar-refractivity contribution in [2.45, 2.75) is 20.3 Å². The number of anilines is 1. The van der Waals surface area contributed by atoms with Gasteiger partial charge in [-0.15, -0.1) is 11.3 Å². The van der Waals surface area contributed by atoms with E-state index in [9.17, 15) is 10.1 Å². The predicted molar refractivity (Wildman–Crippen MR) is 73.9 cm³/mol. The molecule has 0 saturated carbocycles. The van der Waals surface area contributed by atoms with Crippen molar-refractivity contribution < 1.29 is 4.92 Å². The first-order chi connectivity index (χ1) is 8.90. The van der Waals surface area contributed by atoms with Crippen LogP contribution in [-0.4, -0.2) is 19.7 Å². The van der Waals surface area contributed by atoms with Crippen LogP contribution in [0.2, 0.25) is 0 Å². The first-order valence-electron chi connectivity index (χ1n) is 5.81.